The smallest absolute Gasteiger partial charge is 0.289 e. The Labute approximate surface area is 123 Å². The molecule has 1 atom stereocenters. The van der Waals surface area contributed by atoms with Gasteiger partial charge in [0, 0.05) is 18.7 Å². The summed E-state index contributed by atoms with van der Waals surface area (Å²) in [4.78, 5) is 14.4. The van der Waals surface area contributed by atoms with E-state index in [0.717, 1.165) is 37.4 Å². The second kappa shape index (κ2) is 6.60. The van der Waals surface area contributed by atoms with E-state index in [9.17, 15) is 4.79 Å². The summed E-state index contributed by atoms with van der Waals surface area (Å²) in [5.74, 6) is 1.31. The molecule has 0 saturated carbocycles. The van der Waals surface area contributed by atoms with Gasteiger partial charge >= 0.3 is 0 Å². The van der Waals surface area contributed by atoms with Crippen molar-refractivity contribution in [2.45, 2.75) is 46.0 Å². The third-order valence-corrected chi connectivity index (χ3v) is 4.30. The van der Waals surface area contributed by atoms with E-state index in [2.05, 4.69) is 22.9 Å². The van der Waals surface area contributed by atoms with Crippen LogP contribution in [0.3, 0.4) is 0 Å². The molecular formula is C15H22BrNO2. The summed E-state index contributed by atoms with van der Waals surface area (Å²) in [5.41, 5.74) is 0.909. The molecule has 0 aromatic carbocycles. The SMILES string of the molecule is CCCC1CCCN(C(=O)c2oc(Br)cc2C)CC1. The van der Waals surface area contributed by atoms with Gasteiger partial charge in [0.25, 0.3) is 5.91 Å². The van der Waals surface area contributed by atoms with E-state index in [0.29, 0.717) is 10.4 Å². The lowest BCUT2D eigenvalue weighted by Gasteiger charge is -2.19. The Morgan fingerprint density at radius 2 is 2.26 bits per heavy atom. The number of halogens is 1. The van der Waals surface area contributed by atoms with Crippen LogP contribution in [-0.2, 0) is 0 Å². The summed E-state index contributed by atoms with van der Waals surface area (Å²) < 4.78 is 6.10. The maximum atomic E-state index is 12.5. The number of hydrogen-bond donors (Lipinski definition) is 0. The molecule has 1 aliphatic heterocycles. The summed E-state index contributed by atoms with van der Waals surface area (Å²) >= 11 is 3.28. The van der Waals surface area contributed by atoms with Crippen LogP contribution in [0.15, 0.2) is 15.2 Å². The van der Waals surface area contributed by atoms with Crippen molar-refractivity contribution < 1.29 is 9.21 Å². The average Bonchev–Trinajstić information content (AvgIpc) is 2.59. The molecule has 4 heteroatoms. The first-order valence-corrected chi connectivity index (χ1v) is 7.96. The molecule has 0 bridgehead atoms. The first kappa shape index (κ1) is 14.6. The van der Waals surface area contributed by atoms with Crippen LogP contribution in [0, 0.1) is 12.8 Å². The van der Waals surface area contributed by atoms with Crippen molar-refractivity contribution in [2.24, 2.45) is 5.92 Å². The Morgan fingerprint density at radius 3 is 2.89 bits per heavy atom. The van der Waals surface area contributed by atoms with Crippen LogP contribution >= 0.6 is 15.9 Å². The molecule has 106 valence electrons. The van der Waals surface area contributed by atoms with Gasteiger partial charge in [0.1, 0.15) is 0 Å². The van der Waals surface area contributed by atoms with Gasteiger partial charge in [-0.3, -0.25) is 4.79 Å². The van der Waals surface area contributed by atoms with E-state index in [-0.39, 0.29) is 5.91 Å². The largest absolute Gasteiger partial charge is 0.444 e. The van der Waals surface area contributed by atoms with Gasteiger partial charge in [-0.25, -0.2) is 0 Å². The van der Waals surface area contributed by atoms with E-state index in [1.807, 2.05) is 17.9 Å². The zero-order chi connectivity index (χ0) is 13.8. The number of amides is 1. The van der Waals surface area contributed by atoms with Crippen molar-refractivity contribution in [3.05, 3.63) is 22.1 Å². The fourth-order valence-corrected chi connectivity index (χ4v) is 3.37. The zero-order valence-electron chi connectivity index (χ0n) is 11.7. The first-order valence-electron chi connectivity index (χ1n) is 7.17. The van der Waals surface area contributed by atoms with E-state index in [1.165, 1.54) is 19.3 Å². The maximum absolute atomic E-state index is 12.5. The van der Waals surface area contributed by atoms with Crippen LogP contribution < -0.4 is 0 Å². The van der Waals surface area contributed by atoms with Gasteiger partial charge < -0.3 is 9.32 Å². The molecule has 1 saturated heterocycles. The Bertz CT molecular complexity index is 441. The molecular weight excluding hydrogens is 306 g/mol. The average molecular weight is 328 g/mol. The molecule has 0 aliphatic carbocycles. The molecule has 1 unspecified atom stereocenters. The number of hydrogen-bond acceptors (Lipinski definition) is 2. The van der Waals surface area contributed by atoms with Crippen molar-refractivity contribution in [1.82, 2.24) is 4.90 Å². The Morgan fingerprint density at radius 1 is 1.47 bits per heavy atom. The number of furan rings is 1. The highest BCUT2D eigenvalue weighted by atomic mass is 79.9. The minimum Gasteiger partial charge on any atom is -0.444 e. The fraction of sp³-hybridized carbons (Fsp3) is 0.667. The van der Waals surface area contributed by atoms with Crippen molar-refractivity contribution in [3.8, 4) is 0 Å². The van der Waals surface area contributed by atoms with Crippen molar-refractivity contribution in [3.63, 3.8) is 0 Å². The topological polar surface area (TPSA) is 33.5 Å². The highest BCUT2D eigenvalue weighted by Crippen LogP contribution is 2.25. The molecule has 0 radical (unpaired) electrons. The third-order valence-electron chi connectivity index (χ3n) is 3.91. The number of likely N-dealkylation sites (tertiary alicyclic amines) is 1. The summed E-state index contributed by atoms with van der Waals surface area (Å²) in [5, 5.41) is 0. The van der Waals surface area contributed by atoms with Crippen molar-refractivity contribution >= 4 is 21.8 Å². The van der Waals surface area contributed by atoms with Crippen LogP contribution in [0.2, 0.25) is 0 Å². The van der Waals surface area contributed by atoms with Crippen LogP contribution in [0.1, 0.15) is 55.1 Å². The minimum absolute atomic E-state index is 0.0420. The van der Waals surface area contributed by atoms with Gasteiger partial charge in [-0.1, -0.05) is 19.8 Å². The van der Waals surface area contributed by atoms with Crippen LogP contribution in [0.25, 0.3) is 0 Å². The second-order valence-electron chi connectivity index (χ2n) is 5.44. The summed E-state index contributed by atoms with van der Waals surface area (Å²) in [6, 6.07) is 1.85. The van der Waals surface area contributed by atoms with Crippen molar-refractivity contribution in [1.29, 1.82) is 0 Å². The lowest BCUT2D eigenvalue weighted by atomic mass is 9.96. The molecule has 3 nitrogen and oxygen atoms in total. The van der Waals surface area contributed by atoms with Crippen molar-refractivity contribution in [2.75, 3.05) is 13.1 Å². The first-order chi connectivity index (χ1) is 9.11. The van der Waals surface area contributed by atoms with E-state index in [1.54, 1.807) is 0 Å². The molecule has 2 heterocycles. The van der Waals surface area contributed by atoms with E-state index >= 15 is 0 Å². The van der Waals surface area contributed by atoms with Gasteiger partial charge in [-0.2, -0.15) is 0 Å². The maximum Gasteiger partial charge on any atom is 0.289 e. The van der Waals surface area contributed by atoms with Crippen LogP contribution in [-0.4, -0.2) is 23.9 Å². The van der Waals surface area contributed by atoms with Gasteiger partial charge in [0.05, 0.1) is 0 Å². The minimum atomic E-state index is 0.0420. The molecule has 1 fully saturated rings. The van der Waals surface area contributed by atoms with E-state index in [4.69, 9.17) is 4.42 Å². The summed E-state index contributed by atoms with van der Waals surface area (Å²) in [6.07, 6.45) is 6.01. The third kappa shape index (κ3) is 3.62. The van der Waals surface area contributed by atoms with Gasteiger partial charge in [-0.15, -0.1) is 0 Å². The quantitative estimate of drug-likeness (QED) is 0.824. The molecule has 0 spiro atoms. The fourth-order valence-electron chi connectivity index (χ4n) is 2.86. The Balaban J connectivity index is 2.02. The number of carbonyl (C=O) groups is 1. The summed E-state index contributed by atoms with van der Waals surface area (Å²) in [6.45, 7) is 5.87. The van der Waals surface area contributed by atoms with E-state index < -0.39 is 0 Å². The molecule has 0 N–H and O–H groups in total. The predicted molar refractivity (Wildman–Crippen MR) is 79.3 cm³/mol. The Kier molecular flexibility index (Phi) is 5.08. The monoisotopic (exact) mass is 327 g/mol. The lowest BCUT2D eigenvalue weighted by molar-refractivity contribution is 0.0725. The second-order valence-corrected chi connectivity index (χ2v) is 6.22. The number of carbonyl (C=O) groups excluding carboxylic acids is 1. The standard InChI is InChI=1S/C15H22BrNO2/c1-3-5-12-6-4-8-17(9-7-12)15(18)14-11(2)10-13(16)19-14/h10,12H,3-9H2,1-2H3. The normalized spacial score (nSPS) is 20.4. The number of nitrogens with zero attached hydrogens (tertiary/aromatic N) is 1. The zero-order valence-corrected chi connectivity index (χ0v) is 13.3. The van der Waals surface area contributed by atoms with Crippen LogP contribution in [0.5, 0.6) is 0 Å². The predicted octanol–water partition coefficient (Wildman–Crippen LogP) is 4.39. The highest BCUT2D eigenvalue weighted by molar-refractivity contribution is 9.10. The molecule has 1 aliphatic rings. The molecule has 1 aromatic heterocycles. The number of aryl methyl sites for hydroxylation is 1. The molecule has 1 aromatic rings. The highest BCUT2D eigenvalue weighted by Gasteiger charge is 2.24. The molecule has 1 amide bonds. The van der Waals surface area contributed by atoms with Gasteiger partial charge in [0.2, 0.25) is 0 Å². The lowest BCUT2D eigenvalue weighted by Crippen LogP contribution is -2.32. The Hall–Kier alpha value is -0.770. The molecule has 19 heavy (non-hydrogen) atoms. The van der Waals surface area contributed by atoms with Gasteiger partial charge in [-0.05, 0) is 54.1 Å². The number of rotatable bonds is 3. The van der Waals surface area contributed by atoms with Crippen LogP contribution in [0.4, 0.5) is 0 Å². The summed E-state index contributed by atoms with van der Waals surface area (Å²) in [7, 11) is 0. The molecule has 2 rings (SSSR count). The van der Waals surface area contributed by atoms with Gasteiger partial charge in [0.15, 0.2) is 10.4 Å².